The number of aryl methyl sites for hydroxylation is 2. The molecule has 19 heavy (non-hydrogen) atoms. The van der Waals surface area contributed by atoms with Crippen molar-refractivity contribution < 1.29 is 13.2 Å². The van der Waals surface area contributed by atoms with E-state index in [0.29, 0.717) is 11.1 Å². The van der Waals surface area contributed by atoms with Gasteiger partial charge >= 0.3 is 6.18 Å². The number of aromatic nitrogens is 1. The molecule has 0 aliphatic rings. The van der Waals surface area contributed by atoms with Crippen LogP contribution in [0.4, 0.5) is 13.2 Å². The SMILES string of the molecule is Cc1cc(C(F)(F)F)ccc1C(N)c1scnc1C. The summed E-state index contributed by atoms with van der Waals surface area (Å²) >= 11 is 1.41. The smallest absolute Gasteiger partial charge is 0.320 e. The fourth-order valence-electron chi connectivity index (χ4n) is 1.95. The number of alkyl halides is 3. The highest BCUT2D eigenvalue weighted by Crippen LogP contribution is 2.33. The molecule has 2 N–H and O–H groups in total. The van der Waals surface area contributed by atoms with Crippen LogP contribution in [0.15, 0.2) is 23.7 Å². The zero-order valence-corrected chi connectivity index (χ0v) is 11.3. The Balaban J connectivity index is 2.39. The Hall–Kier alpha value is -1.40. The number of nitrogens with zero attached hydrogens (tertiary/aromatic N) is 1. The third-order valence-corrected chi connectivity index (χ3v) is 4.01. The van der Waals surface area contributed by atoms with E-state index in [4.69, 9.17) is 5.73 Å². The number of hydrogen-bond donors (Lipinski definition) is 1. The van der Waals surface area contributed by atoms with E-state index in [0.717, 1.165) is 22.7 Å². The maximum Gasteiger partial charge on any atom is 0.416 e. The number of hydrogen-bond acceptors (Lipinski definition) is 3. The molecule has 0 aliphatic heterocycles. The van der Waals surface area contributed by atoms with E-state index in [1.165, 1.54) is 17.4 Å². The van der Waals surface area contributed by atoms with Gasteiger partial charge in [-0.05, 0) is 37.1 Å². The Kier molecular flexibility index (Phi) is 3.64. The summed E-state index contributed by atoms with van der Waals surface area (Å²) < 4.78 is 37.8. The molecule has 1 aromatic heterocycles. The molecule has 0 saturated carbocycles. The number of nitrogens with two attached hydrogens (primary N) is 1. The molecule has 0 radical (unpaired) electrons. The molecule has 2 aromatic rings. The van der Waals surface area contributed by atoms with Crippen molar-refractivity contribution in [1.82, 2.24) is 4.98 Å². The summed E-state index contributed by atoms with van der Waals surface area (Å²) in [5, 5.41) is 0. The minimum atomic E-state index is -4.33. The first kappa shape index (κ1) is 14.0. The molecular formula is C13H13F3N2S. The van der Waals surface area contributed by atoms with Crippen LogP contribution < -0.4 is 5.73 Å². The largest absolute Gasteiger partial charge is 0.416 e. The Labute approximate surface area is 113 Å². The van der Waals surface area contributed by atoms with Crippen LogP contribution in [0.2, 0.25) is 0 Å². The molecule has 102 valence electrons. The monoisotopic (exact) mass is 286 g/mol. The van der Waals surface area contributed by atoms with Crippen molar-refractivity contribution in [2.75, 3.05) is 0 Å². The lowest BCUT2D eigenvalue weighted by atomic mass is 9.97. The normalized spacial score (nSPS) is 13.6. The van der Waals surface area contributed by atoms with Gasteiger partial charge in [0.25, 0.3) is 0 Å². The average Bonchev–Trinajstić information content (AvgIpc) is 2.73. The third kappa shape index (κ3) is 2.79. The predicted octanol–water partition coefficient (Wildman–Crippen LogP) is 3.83. The fraction of sp³-hybridized carbons (Fsp3) is 0.308. The lowest BCUT2D eigenvalue weighted by Gasteiger charge is -2.16. The number of thiazole rings is 1. The van der Waals surface area contributed by atoms with E-state index in [9.17, 15) is 13.2 Å². The van der Waals surface area contributed by atoms with Crippen molar-refractivity contribution in [2.24, 2.45) is 5.73 Å². The van der Waals surface area contributed by atoms with Gasteiger partial charge in [-0.2, -0.15) is 13.2 Å². The lowest BCUT2D eigenvalue weighted by Crippen LogP contribution is -2.14. The summed E-state index contributed by atoms with van der Waals surface area (Å²) in [6.45, 7) is 3.48. The summed E-state index contributed by atoms with van der Waals surface area (Å²) in [6, 6.07) is 3.21. The molecule has 0 spiro atoms. The van der Waals surface area contributed by atoms with Crippen LogP contribution in [0.1, 0.15) is 33.3 Å². The van der Waals surface area contributed by atoms with Gasteiger partial charge in [0, 0.05) is 4.88 Å². The second-order valence-electron chi connectivity index (χ2n) is 4.35. The summed E-state index contributed by atoms with van der Waals surface area (Å²) in [7, 11) is 0. The van der Waals surface area contributed by atoms with E-state index < -0.39 is 17.8 Å². The summed E-state index contributed by atoms with van der Waals surface area (Å²) in [4.78, 5) is 4.99. The Morgan fingerprint density at radius 2 is 1.95 bits per heavy atom. The second-order valence-corrected chi connectivity index (χ2v) is 5.24. The van der Waals surface area contributed by atoms with Crippen LogP contribution in [0.3, 0.4) is 0 Å². The molecule has 6 heteroatoms. The molecule has 1 aromatic carbocycles. The maximum atomic E-state index is 12.6. The fourth-order valence-corrected chi connectivity index (χ4v) is 2.77. The van der Waals surface area contributed by atoms with E-state index in [1.54, 1.807) is 12.4 Å². The van der Waals surface area contributed by atoms with Crippen molar-refractivity contribution in [1.29, 1.82) is 0 Å². The molecule has 0 fully saturated rings. The van der Waals surface area contributed by atoms with Crippen LogP contribution in [-0.4, -0.2) is 4.98 Å². The number of rotatable bonds is 2. The molecule has 1 unspecified atom stereocenters. The molecule has 2 nitrogen and oxygen atoms in total. The first-order valence-electron chi connectivity index (χ1n) is 5.64. The van der Waals surface area contributed by atoms with Crippen LogP contribution in [0.5, 0.6) is 0 Å². The summed E-state index contributed by atoms with van der Waals surface area (Å²) in [6.07, 6.45) is -4.33. The molecule has 2 rings (SSSR count). The Bertz CT molecular complexity index is 590. The topological polar surface area (TPSA) is 38.9 Å². The van der Waals surface area contributed by atoms with Crippen molar-refractivity contribution in [3.63, 3.8) is 0 Å². The molecule has 0 aliphatic carbocycles. The summed E-state index contributed by atoms with van der Waals surface area (Å²) in [5.41, 5.74) is 9.19. The van der Waals surface area contributed by atoms with E-state index >= 15 is 0 Å². The molecule has 1 heterocycles. The molecule has 0 amide bonds. The minimum absolute atomic E-state index is 0.435. The van der Waals surface area contributed by atoms with Gasteiger partial charge in [0.2, 0.25) is 0 Å². The van der Waals surface area contributed by atoms with E-state index in [1.807, 2.05) is 6.92 Å². The van der Waals surface area contributed by atoms with E-state index in [-0.39, 0.29) is 0 Å². The van der Waals surface area contributed by atoms with Crippen LogP contribution in [0.25, 0.3) is 0 Å². The third-order valence-electron chi connectivity index (χ3n) is 3.00. The highest BCUT2D eigenvalue weighted by atomic mass is 32.1. The van der Waals surface area contributed by atoms with Crippen LogP contribution in [-0.2, 0) is 6.18 Å². The highest BCUT2D eigenvalue weighted by molar-refractivity contribution is 7.09. The van der Waals surface area contributed by atoms with Gasteiger partial charge < -0.3 is 5.73 Å². The Morgan fingerprint density at radius 1 is 1.26 bits per heavy atom. The van der Waals surface area contributed by atoms with Gasteiger partial charge in [-0.15, -0.1) is 11.3 Å². The van der Waals surface area contributed by atoms with Gasteiger partial charge in [0.15, 0.2) is 0 Å². The first-order chi connectivity index (χ1) is 8.80. The van der Waals surface area contributed by atoms with Crippen molar-refractivity contribution >= 4 is 11.3 Å². The highest BCUT2D eigenvalue weighted by Gasteiger charge is 2.31. The van der Waals surface area contributed by atoms with Crippen LogP contribution in [0, 0.1) is 13.8 Å². The zero-order valence-electron chi connectivity index (χ0n) is 10.5. The summed E-state index contributed by atoms with van der Waals surface area (Å²) in [5.74, 6) is 0. The van der Waals surface area contributed by atoms with Gasteiger partial charge in [-0.25, -0.2) is 4.98 Å². The molecular weight excluding hydrogens is 273 g/mol. The van der Waals surface area contributed by atoms with Gasteiger partial charge in [-0.1, -0.05) is 6.07 Å². The molecule has 0 saturated heterocycles. The zero-order chi connectivity index (χ0) is 14.2. The number of benzene rings is 1. The Morgan fingerprint density at radius 3 is 2.42 bits per heavy atom. The van der Waals surface area contributed by atoms with Crippen molar-refractivity contribution in [2.45, 2.75) is 26.1 Å². The maximum absolute atomic E-state index is 12.6. The lowest BCUT2D eigenvalue weighted by molar-refractivity contribution is -0.137. The minimum Gasteiger partial charge on any atom is -0.320 e. The second kappa shape index (κ2) is 4.94. The molecule has 0 bridgehead atoms. The first-order valence-corrected chi connectivity index (χ1v) is 6.52. The van der Waals surface area contributed by atoms with Crippen molar-refractivity contribution in [3.05, 3.63) is 51.0 Å². The van der Waals surface area contributed by atoms with Crippen molar-refractivity contribution in [3.8, 4) is 0 Å². The van der Waals surface area contributed by atoms with Gasteiger partial charge in [-0.3, -0.25) is 0 Å². The standard InChI is InChI=1S/C13H13F3N2S/c1-7-5-9(13(14,15)16)3-4-10(7)11(17)12-8(2)18-6-19-12/h3-6,11H,17H2,1-2H3. The molecule has 1 atom stereocenters. The predicted molar refractivity (Wildman–Crippen MR) is 69.1 cm³/mol. The average molecular weight is 286 g/mol. The van der Waals surface area contributed by atoms with Gasteiger partial charge in [0.05, 0.1) is 22.8 Å². The number of halogens is 3. The van der Waals surface area contributed by atoms with E-state index in [2.05, 4.69) is 4.98 Å². The van der Waals surface area contributed by atoms with Gasteiger partial charge in [0.1, 0.15) is 0 Å². The van der Waals surface area contributed by atoms with Crippen LogP contribution >= 0.6 is 11.3 Å². The quantitative estimate of drug-likeness (QED) is 0.911.